The van der Waals surface area contributed by atoms with E-state index in [-0.39, 0.29) is 0 Å². The van der Waals surface area contributed by atoms with E-state index in [0.717, 1.165) is 17.7 Å². The summed E-state index contributed by atoms with van der Waals surface area (Å²) in [6.07, 6.45) is 2.64. The summed E-state index contributed by atoms with van der Waals surface area (Å²) < 4.78 is 0. The van der Waals surface area contributed by atoms with Crippen LogP contribution in [-0.4, -0.2) is 35.6 Å². The van der Waals surface area contributed by atoms with Crippen molar-refractivity contribution in [2.75, 3.05) is 6.54 Å². The van der Waals surface area contributed by atoms with Crippen molar-refractivity contribution in [3.05, 3.63) is 0 Å². The van der Waals surface area contributed by atoms with E-state index in [1.807, 2.05) is 0 Å². The lowest BCUT2D eigenvalue weighted by Gasteiger charge is -2.23. The Morgan fingerprint density at radius 2 is 1.80 bits per heavy atom. The largest absolute Gasteiger partial charge is 0.330 e. The summed E-state index contributed by atoms with van der Waals surface area (Å²) in [4.78, 5) is 34.0. The number of carbonyl (C=O) groups excluding carboxylic acids is 3. The van der Waals surface area contributed by atoms with E-state index in [4.69, 9.17) is 5.73 Å². The third-order valence-corrected chi connectivity index (χ3v) is 2.12. The first-order valence-corrected chi connectivity index (χ1v) is 5.00. The number of hydrogen-bond acceptors (Lipinski definition) is 4. The van der Waals surface area contributed by atoms with E-state index in [1.54, 1.807) is 0 Å². The highest BCUT2D eigenvalue weighted by molar-refractivity contribution is 5.95. The van der Waals surface area contributed by atoms with Gasteiger partial charge in [-0.1, -0.05) is 0 Å². The number of hydrogen-bond donors (Lipinski definition) is 1. The molecular formula is C10H18N2O3. The molecule has 0 aliphatic heterocycles. The summed E-state index contributed by atoms with van der Waals surface area (Å²) in [5, 5.41) is 0. The van der Waals surface area contributed by atoms with Gasteiger partial charge in [-0.25, -0.2) is 0 Å². The van der Waals surface area contributed by atoms with Gasteiger partial charge in [-0.2, -0.15) is 0 Å². The van der Waals surface area contributed by atoms with Crippen molar-refractivity contribution >= 4 is 18.1 Å². The fourth-order valence-corrected chi connectivity index (χ4v) is 1.44. The van der Waals surface area contributed by atoms with Crippen LogP contribution in [-0.2, 0) is 14.4 Å². The molecule has 15 heavy (non-hydrogen) atoms. The lowest BCUT2D eigenvalue weighted by atomic mass is 10.1. The lowest BCUT2D eigenvalue weighted by molar-refractivity contribution is -0.147. The Labute approximate surface area is 89.6 Å². The Balaban J connectivity index is 4.39. The SMILES string of the molecule is CC(=O)N(C(C)=O)[C@H](C=O)CCCCN. The van der Waals surface area contributed by atoms with E-state index in [1.165, 1.54) is 13.8 Å². The Kier molecular flexibility index (Phi) is 6.53. The van der Waals surface area contributed by atoms with E-state index < -0.39 is 17.9 Å². The molecule has 0 radical (unpaired) electrons. The van der Waals surface area contributed by atoms with Crippen LogP contribution in [0.3, 0.4) is 0 Å². The molecule has 0 spiro atoms. The van der Waals surface area contributed by atoms with E-state index in [9.17, 15) is 14.4 Å². The molecule has 0 heterocycles. The Morgan fingerprint density at radius 1 is 1.27 bits per heavy atom. The maximum absolute atomic E-state index is 11.1. The highest BCUT2D eigenvalue weighted by atomic mass is 16.2. The average Bonchev–Trinajstić information content (AvgIpc) is 2.15. The summed E-state index contributed by atoms with van der Waals surface area (Å²) in [6, 6.07) is -0.647. The van der Waals surface area contributed by atoms with Crippen LogP contribution in [0.5, 0.6) is 0 Å². The molecule has 2 amide bonds. The minimum absolute atomic E-state index is 0.396. The van der Waals surface area contributed by atoms with Gasteiger partial charge in [0.1, 0.15) is 6.29 Å². The fraction of sp³-hybridized carbons (Fsp3) is 0.700. The molecule has 0 bridgehead atoms. The molecule has 2 N–H and O–H groups in total. The molecule has 0 saturated carbocycles. The number of rotatable bonds is 6. The molecule has 0 aromatic rings. The Hall–Kier alpha value is -1.23. The molecule has 0 aliphatic carbocycles. The summed E-state index contributed by atoms with van der Waals surface area (Å²) in [5.74, 6) is -0.792. The number of carbonyl (C=O) groups is 3. The minimum Gasteiger partial charge on any atom is -0.330 e. The van der Waals surface area contributed by atoms with Crippen molar-refractivity contribution in [2.24, 2.45) is 5.73 Å². The average molecular weight is 214 g/mol. The predicted molar refractivity (Wildman–Crippen MR) is 56.0 cm³/mol. The van der Waals surface area contributed by atoms with Gasteiger partial charge in [0.15, 0.2) is 0 Å². The van der Waals surface area contributed by atoms with Gasteiger partial charge in [0, 0.05) is 13.8 Å². The van der Waals surface area contributed by atoms with Crippen molar-refractivity contribution in [3.63, 3.8) is 0 Å². The molecule has 0 aromatic heterocycles. The fourth-order valence-electron chi connectivity index (χ4n) is 1.44. The van der Waals surface area contributed by atoms with Crippen LogP contribution >= 0.6 is 0 Å². The molecule has 1 atom stereocenters. The van der Waals surface area contributed by atoms with Crippen LogP contribution in [0.1, 0.15) is 33.1 Å². The summed E-state index contributed by atoms with van der Waals surface area (Å²) in [5.41, 5.74) is 5.32. The Bertz CT molecular complexity index is 227. The van der Waals surface area contributed by atoms with Gasteiger partial charge in [0.25, 0.3) is 0 Å². The molecule has 5 heteroatoms. The monoisotopic (exact) mass is 214 g/mol. The zero-order valence-corrected chi connectivity index (χ0v) is 9.23. The zero-order valence-electron chi connectivity index (χ0n) is 9.23. The number of nitrogens with two attached hydrogens (primary N) is 1. The van der Waals surface area contributed by atoms with Gasteiger partial charge >= 0.3 is 0 Å². The van der Waals surface area contributed by atoms with Crippen LogP contribution in [0.2, 0.25) is 0 Å². The molecule has 0 aliphatic rings. The second kappa shape index (κ2) is 7.11. The molecule has 0 saturated heterocycles. The van der Waals surface area contributed by atoms with Crippen LogP contribution < -0.4 is 5.73 Å². The predicted octanol–water partition coefficient (Wildman–Crippen LogP) is 0.0779. The molecule has 86 valence electrons. The van der Waals surface area contributed by atoms with Gasteiger partial charge in [-0.15, -0.1) is 0 Å². The third kappa shape index (κ3) is 4.69. The molecule has 0 aromatic carbocycles. The first kappa shape index (κ1) is 13.8. The van der Waals surface area contributed by atoms with Crippen LogP contribution in [0.15, 0.2) is 0 Å². The zero-order chi connectivity index (χ0) is 11.8. The minimum atomic E-state index is -0.647. The second-order valence-corrected chi connectivity index (χ2v) is 3.40. The first-order valence-electron chi connectivity index (χ1n) is 5.00. The standard InChI is InChI=1S/C10H18N2O3/c1-8(14)12(9(2)15)10(7-13)5-3-4-6-11/h7,10H,3-6,11H2,1-2H3/t10-/m0/s1. The highest BCUT2D eigenvalue weighted by Gasteiger charge is 2.23. The van der Waals surface area contributed by atoms with E-state index >= 15 is 0 Å². The van der Waals surface area contributed by atoms with Gasteiger partial charge < -0.3 is 10.5 Å². The highest BCUT2D eigenvalue weighted by Crippen LogP contribution is 2.07. The van der Waals surface area contributed by atoms with Crippen LogP contribution in [0.25, 0.3) is 0 Å². The summed E-state index contributed by atoms with van der Waals surface area (Å²) in [6.45, 7) is 3.10. The van der Waals surface area contributed by atoms with Crippen molar-refractivity contribution in [3.8, 4) is 0 Å². The number of aldehydes is 1. The smallest absolute Gasteiger partial charge is 0.226 e. The molecule has 0 fully saturated rings. The molecular weight excluding hydrogens is 196 g/mol. The van der Waals surface area contributed by atoms with Crippen LogP contribution in [0, 0.1) is 0 Å². The van der Waals surface area contributed by atoms with Crippen molar-refractivity contribution in [1.82, 2.24) is 4.90 Å². The topological polar surface area (TPSA) is 80.5 Å². The van der Waals surface area contributed by atoms with Gasteiger partial charge in [-0.05, 0) is 25.8 Å². The normalized spacial score (nSPS) is 11.9. The summed E-state index contributed by atoms with van der Waals surface area (Å²) >= 11 is 0. The van der Waals surface area contributed by atoms with E-state index in [0.29, 0.717) is 19.3 Å². The van der Waals surface area contributed by atoms with Crippen molar-refractivity contribution in [2.45, 2.75) is 39.2 Å². The number of amides is 2. The van der Waals surface area contributed by atoms with E-state index in [2.05, 4.69) is 0 Å². The maximum atomic E-state index is 11.1. The molecule has 0 rings (SSSR count). The maximum Gasteiger partial charge on any atom is 0.226 e. The summed E-state index contributed by atoms with van der Waals surface area (Å²) in [7, 11) is 0. The molecule has 5 nitrogen and oxygen atoms in total. The first-order chi connectivity index (χ1) is 7.04. The third-order valence-electron chi connectivity index (χ3n) is 2.12. The molecule has 0 unspecified atom stereocenters. The lowest BCUT2D eigenvalue weighted by Crippen LogP contribution is -2.43. The van der Waals surface area contributed by atoms with Crippen LogP contribution in [0.4, 0.5) is 0 Å². The van der Waals surface area contributed by atoms with Crippen molar-refractivity contribution in [1.29, 1.82) is 0 Å². The van der Waals surface area contributed by atoms with Gasteiger partial charge in [-0.3, -0.25) is 14.5 Å². The van der Waals surface area contributed by atoms with Gasteiger partial charge in [0.05, 0.1) is 6.04 Å². The second-order valence-electron chi connectivity index (χ2n) is 3.40. The van der Waals surface area contributed by atoms with Crippen molar-refractivity contribution < 1.29 is 14.4 Å². The quantitative estimate of drug-likeness (QED) is 0.501. The van der Waals surface area contributed by atoms with Gasteiger partial charge in [0.2, 0.25) is 11.8 Å². The number of unbranched alkanes of at least 4 members (excludes halogenated alkanes) is 1. The number of nitrogens with zero attached hydrogens (tertiary/aromatic N) is 1. The number of imide groups is 1. The Morgan fingerprint density at radius 3 is 2.13 bits per heavy atom.